The number of carbonyl (C=O) groups is 1. The Balaban J connectivity index is 1.49. The number of amides is 1. The lowest BCUT2D eigenvalue weighted by Gasteiger charge is -2.40. The van der Waals surface area contributed by atoms with E-state index in [1.165, 1.54) is 18.1 Å². The molecular weight excluding hydrogens is 312 g/mol. The molecule has 1 amide bonds. The summed E-state index contributed by atoms with van der Waals surface area (Å²) in [6.45, 7) is 6.38. The van der Waals surface area contributed by atoms with Gasteiger partial charge in [0.05, 0.1) is 5.60 Å². The predicted octanol–water partition coefficient (Wildman–Crippen LogP) is 3.78. The van der Waals surface area contributed by atoms with Crippen molar-refractivity contribution in [2.24, 2.45) is 0 Å². The van der Waals surface area contributed by atoms with Gasteiger partial charge in [-0.2, -0.15) is 0 Å². The summed E-state index contributed by atoms with van der Waals surface area (Å²) in [4.78, 5) is 13.4. The van der Waals surface area contributed by atoms with E-state index in [0.717, 1.165) is 31.6 Å². The third-order valence-electron chi connectivity index (χ3n) is 4.85. The molecule has 4 nitrogen and oxygen atoms in total. The maximum atomic E-state index is 11.1. The molecule has 0 aliphatic carbocycles. The Morgan fingerprint density at radius 1 is 1.16 bits per heavy atom. The molecule has 1 N–H and O–H groups in total. The molecule has 0 saturated carbocycles. The Labute approximate surface area is 149 Å². The first-order chi connectivity index (χ1) is 12.0. The van der Waals surface area contributed by atoms with Gasteiger partial charge in [-0.05, 0) is 43.0 Å². The van der Waals surface area contributed by atoms with Crippen LogP contribution in [0.1, 0.15) is 31.4 Å². The summed E-state index contributed by atoms with van der Waals surface area (Å²) < 4.78 is 6.19. The fourth-order valence-electron chi connectivity index (χ4n) is 3.18. The van der Waals surface area contributed by atoms with Gasteiger partial charge in [-0.1, -0.05) is 42.5 Å². The minimum absolute atomic E-state index is 0.0420. The van der Waals surface area contributed by atoms with Gasteiger partial charge < -0.3 is 10.1 Å². The van der Waals surface area contributed by atoms with Crippen LogP contribution in [0.25, 0.3) is 0 Å². The molecule has 1 atom stereocenters. The van der Waals surface area contributed by atoms with Crippen molar-refractivity contribution in [3.63, 3.8) is 0 Å². The van der Waals surface area contributed by atoms with E-state index in [2.05, 4.69) is 53.5 Å². The highest BCUT2D eigenvalue weighted by Crippen LogP contribution is 2.32. The van der Waals surface area contributed by atoms with Crippen molar-refractivity contribution in [2.45, 2.75) is 32.3 Å². The normalized spacial score (nSPS) is 21.0. The molecule has 1 unspecified atom stereocenters. The van der Waals surface area contributed by atoms with Crippen molar-refractivity contribution >= 4 is 11.6 Å². The van der Waals surface area contributed by atoms with Crippen LogP contribution in [0.2, 0.25) is 0 Å². The van der Waals surface area contributed by atoms with Crippen molar-refractivity contribution in [3.05, 3.63) is 65.7 Å². The van der Waals surface area contributed by atoms with Crippen LogP contribution in [0.4, 0.5) is 5.69 Å². The highest BCUT2D eigenvalue weighted by Gasteiger charge is 2.32. The number of benzene rings is 2. The number of rotatable bonds is 5. The molecule has 0 aromatic heterocycles. The molecule has 1 fully saturated rings. The van der Waals surface area contributed by atoms with Crippen LogP contribution in [0.15, 0.2) is 54.6 Å². The van der Waals surface area contributed by atoms with Gasteiger partial charge in [-0.3, -0.25) is 9.69 Å². The molecule has 0 bridgehead atoms. The van der Waals surface area contributed by atoms with E-state index < -0.39 is 0 Å². The number of hydrogen-bond donors (Lipinski definition) is 1. The van der Waals surface area contributed by atoms with Crippen molar-refractivity contribution in [3.8, 4) is 0 Å². The van der Waals surface area contributed by atoms with E-state index in [1.54, 1.807) is 0 Å². The monoisotopic (exact) mass is 338 g/mol. The van der Waals surface area contributed by atoms with Crippen molar-refractivity contribution in [1.29, 1.82) is 0 Å². The topological polar surface area (TPSA) is 41.6 Å². The molecule has 4 heteroatoms. The van der Waals surface area contributed by atoms with Crippen LogP contribution in [0.5, 0.6) is 0 Å². The Hall–Kier alpha value is -2.17. The largest absolute Gasteiger partial charge is 0.355 e. The van der Waals surface area contributed by atoms with E-state index >= 15 is 0 Å². The standard InChI is InChI=1S/C21H26N2O2/c1-17(24)22-20-10-8-18(9-11-20)12-14-23-15-13-21(2,25-16-23)19-6-4-3-5-7-19/h3-11H,12-16H2,1-2H3,(H,22,24). The van der Waals surface area contributed by atoms with E-state index in [4.69, 9.17) is 4.74 Å². The molecule has 1 saturated heterocycles. The van der Waals surface area contributed by atoms with Crippen molar-refractivity contribution < 1.29 is 9.53 Å². The second-order valence-electron chi connectivity index (χ2n) is 6.87. The summed E-state index contributed by atoms with van der Waals surface area (Å²) in [6, 6.07) is 18.5. The maximum absolute atomic E-state index is 11.1. The second-order valence-corrected chi connectivity index (χ2v) is 6.87. The molecule has 2 aromatic rings. The molecule has 3 rings (SSSR count). The zero-order valence-electron chi connectivity index (χ0n) is 15.0. The minimum atomic E-state index is -0.183. The summed E-state index contributed by atoms with van der Waals surface area (Å²) in [5.74, 6) is -0.0420. The number of carbonyl (C=O) groups excluding carboxylic acids is 1. The summed E-state index contributed by atoms with van der Waals surface area (Å²) in [7, 11) is 0. The van der Waals surface area contributed by atoms with E-state index in [0.29, 0.717) is 6.73 Å². The molecule has 1 heterocycles. The molecular formula is C21H26N2O2. The van der Waals surface area contributed by atoms with Gasteiger partial charge >= 0.3 is 0 Å². The first kappa shape index (κ1) is 17.6. The Morgan fingerprint density at radius 2 is 1.88 bits per heavy atom. The predicted molar refractivity (Wildman–Crippen MR) is 100 cm³/mol. The van der Waals surface area contributed by atoms with Crippen LogP contribution >= 0.6 is 0 Å². The average molecular weight is 338 g/mol. The Kier molecular flexibility index (Phi) is 5.51. The van der Waals surface area contributed by atoms with Gasteiger partial charge in [0.25, 0.3) is 0 Å². The van der Waals surface area contributed by atoms with Gasteiger partial charge in [0.15, 0.2) is 0 Å². The molecule has 0 spiro atoms. The van der Waals surface area contributed by atoms with Crippen LogP contribution in [0, 0.1) is 0 Å². The third-order valence-corrected chi connectivity index (χ3v) is 4.85. The van der Waals surface area contributed by atoms with E-state index in [1.807, 2.05) is 18.2 Å². The molecule has 0 radical (unpaired) electrons. The summed E-state index contributed by atoms with van der Waals surface area (Å²) in [5.41, 5.74) is 3.18. The first-order valence-electron chi connectivity index (χ1n) is 8.83. The highest BCUT2D eigenvalue weighted by atomic mass is 16.5. The Morgan fingerprint density at radius 3 is 2.48 bits per heavy atom. The molecule has 25 heavy (non-hydrogen) atoms. The van der Waals surface area contributed by atoms with E-state index in [9.17, 15) is 4.79 Å². The zero-order valence-corrected chi connectivity index (χ0v) is 15.0. The van der Waals surface area contributed by atoms with Crippen LogP contribution < -0.4 is 5.32 Å². The van der Waals surface area contributed by atoms with E-state index in [-0.39, 0.29) is 11.5 Å². The highest BCUT2D eigenvalue weighted by molar-refractivity contribution is 5.88. The van der Waals surface area contributed by atoms with Gasteiger partial charge in [0.2, 0.25) is 5.91 Å². The third kappa shape index (κ3) is 4.68. The maximum Gasteiger partial charge on any atom is 0.221 e. The summed E-state index contributed by atoms with van der Waals surface area (Å²) >= 11 is 0. The first-order valence-corrected chi connectivity index (χ1v) is 8.83. The lowest BCUT2D eigenvalue weighted by Crippen LogP contribution is -2.43. The smallest absolute Gasteiger partial charge is 0.221 e. The molecule has 132 valence electrons. The zero-order chi connectivity index (χ0) is 17.7. The van der Waals surface area contributed by atoms with Gasteiger partial charge in [0.1, 0.15) is 6.73 Å². The number of nitrogens with one attached hydrogen (secondary N) is 1. The lowest BCUT2D eigenvalue weighted by molar-refractivity contribution is -0.133. The molecule has 1 aliphatic rings. The number of ether oxygens (including phenoxy) is 1. The molecule has 1 aliphatic heterocycles. The Bertz CT molecular complexity index is 690. The van der Waals surface area contributed by atoms with Crippen LogP contribution in [0.3, 0.4) is 0 Å². The number of nitrogens with zero attached hydrogens (tertiary/aromatic N) is 1. The van der Waals surface area contributed by atoms with Gasteiger partial charge in [0, 0.05) is 25.7 Å². The fourth-order valence-corrected chi connectivity index (χ4v) is 3.18. The van der Waals surface area contributed by atoms with Crippen molar-refractivity contribution in [2.75, 3.05) is 25.1 Å². The fraction of sp³-hybridized carbons (Fsp3) is 0.381. The lowest BCUT2D eigenvalue weighted by atomic mass is 9.91. The van der Waals surface area contributed by atoms with Gasteiger partial charge in [-0.25, -0.2) is 0 Å². The second kappa shape index (κ2) is 7.81. The summed E-state index contributed by atoms with van der Waals surface area (Å²) in [6.07, 6.45) is 1.98. The van der Waals surface area contributed by atoms with Gasteiger partial charge in [-0.15, -0.1) is 0 Å². The molecule has 2 aromatic carbocycles. The van der Waals surface area contributed by atoms with Crippen LogP contribution in [-0.4, -0.2) is 30.6 Å². The average Bonchev–Trinajstić information content (AvgIpc) is 2.63. The minimum Gasteiger partial charge on any atom is -0.355 e. The number of hydrogen-bond acceptors (Lipinski definition) is 3. The van der Waals surface area contributed by atoms with Crippen LogP contribution in [-0.2, 0) is 21.6 Å². The number of anilines is 1. The quantitative estimate of drug-likeness (QED) is 0.902. The van der Waals surface area contributed by atoms with Crippen molar-refractivity contribution in [1.82, 2.24) is 4.90 Å². The SMILES string of the molecule is CC(=O)Nc1ccc(CCN2CCC(C)(c3ccccc3)OC2)cc1. The summed E-state index contributed by atoms with van der Waals surface area (Å²) in [5, 5.41) is 2.79.